The van der Waals surface area contributed by atoms with Gasteiger partial charge in [0, 0.05) is 0 Å². The van der Waals surface area contributed by atoms with Gasteiger partial charge in [-0.3, -0.25) is 4.79 Å². The number of carboxylic acid groups (broad SMARTS) is 1. The van der Waals surface area contributed by atoms with Gasteiger partial charge in [0.25, 0.3) is 0 Å². The van der Waals surface area contributed by atoms with Gasteiger partial charge in [-0.2, -0.15) is 0 Å². The van der Waals surface area contributed by atoms with Gasteiger partial charge in [-0.1, -0.05) is 36.4 Å². The number of hydrogen-bond acceptors (Lipinski definition) is 4. The van der Waals surface area contributed by atoms with Crippen LogP contribution < -0.4 is 5.43 Å². The molecule has 0 bridgehead atoms. The topological polar surface area (TPSA) is 87.7 Å². The van der Waals surface area contributed by atoms with Gasteiger partial charge in [0.1, 0.15) is 23.0 Å². The van der Waals surface area contributed by atoms with Crippen molar-refractivity contribution >= 4 is 16.9 Å². The number of halogens is 1. The highest BCUT2D eigenvalue weighted by atomic mass is 19.1. The first-order chi connectivity index (χ1) is 11.0. The molecule has 0 unspecified atom stereocenters. The molecule has 0 spiro atoms. The first-order valence-corrected chi connectivity index (χ1v) is 6.61. The first kappa shape index (κ1) is 16.2. The van der Waals surface area contributed by atoms with Crippen LogP contribution in [0.1, 0.15) is 0 Å². The zero-order valence-electron chi connectivity index (χ0n) is 11.9. The maximum Gasteiger partial charge on any atom is 0.335 e. The van der Waals surface area contributed by atoms with Crippen molar-refractivity contribution in [1.29, 1.82) is 0 Å². The van der Waals surface area contributed by atoms with Crippen LogP contribution in [0.25, 0.3) is 22.1 Å². The van der Waals surface area contributed by atoms with Crippen LogP contribution in [0, 0.1) is 0 Å². The van der Waals surface area contributed by atoms with Crippen LogP contribution in [0.4, 0.5) is 4.39 Å². The van der Waals surface area contributed by atoms with Crippen molar-refractivity contribution in [2.45, 2.75) is 0 Å². The predicted molar refractivity (Wildman–Crippen MR) is 83.2 cm³/mol. The van der Waals surface area contributed by atoms with E-state index in [2.05, 4.69) is 0 Å². The monoisotopic (exact) mass is 316 g/mol. The SMILES string of the molecule is O=C(O)CF.O=c1c(-c2ccccc2)coc2cccc(O)c12. The lowest BCUT2D eigenvalue weighted by atomic mass is 10.1. The molecule has 3 rings (SSSR count). The molecule has 0 fully saturated rings. The van der Waals surface area contributed by atoms with Gasteiger partial charge < -0.3 is 14.6 Å². The summed E-state index contributed by atoms with van der Waals surface area (Å²) in [5, 5.41) is 17.3. The number of alkyl halides is 1. The molecular formula is C17H13FO5. The van der Waals surface area contributed by atoms with E-state index in [1.807, 2.05) is 30.3 Å². The summed E-state index contributed by atoms with van der Waals surface area (Å²) in [6.07, 6.45) is 1.43. The van der Waals surface area contributed by atoms with Gasteiger partial charge in [0.15, 0.2) is 6.67 Å². The number of aromatic hydroxyl groups is 1. The highest BCUT2D eigenvalue weighted by Crippen LogP contribution is 2.24. The van der Waals surface area contributed by atoms with E-state index in [1.165, 1.54) is 12.3 Å². The van der Waals surface area contributed by atoms with E-state index in [1.54, 1.807) is 12.1 Å². The van der Waals surface area contributed by atoms with Gasteiger partial charge in [0.05, 0.1) is 5.56 Å². The molecule has 0 saturated carbocycles. The van der Waals surface area contributed by atoms with Crippen LogP contribution in [0.5, 0.6) is 5.75 Å². The first-order valence-electron chi connectivity index (χ1n) is 6.61. The summed E-state index contributed by atoms with van der Waals surface area (Å²) in [5.74, 6) is -1.47. The van der Waals surface area contributed by atoms with E-state index in [0.717, 1.165) is 5.56 Å². The molecule has 0 atom stereocenters. The van der Waals surface area contributed by atoms with E-state index in [0.29, 0.717) is 11.1 Å². The maximum absolute atomic E-state index is 12.3. The Morgan fingerprint density at radius 2 is 1.74 bits per heavy atom. The van der Waals surface area contributed by atoms with Gasteiger partial charge in [0.2, 0.25) is 5.43 Å². The van der Waals surface area contributed by atoms with Crippen LogP contribution >= 0.6 is 0 Å². The average molecular weight is 316 g/mol. The minimum atomic E-state index is -1.41. The second-order valence-corrected chi connectivity index (χ2v) is 4.52. The molecular weight excluding hydrogens is 303 g/mol. The number of carboxylic acids is 1. The fraction of sp³-hybridized carbons (Fsp3) is 0.0588. The van der Waals surface area contributed by atoms with Gasteiger partial charge in [-0.05, 0) is 17.7 Å². The second kappa shape index (κ2) is 7.22. The fourth-order valence-corrected chi connectivity index (χ4v) is 1.97. The Labute approximate surface area is 130 Å². The molecule has 0 aliphatic carbocycles. The van der Waals surface area contributed by atoms with Crippen LogP contribution in [-0.2, 0) is 4.79 Å². The van der Waals surface area contributed by atoms with Crippen LogP contribution in [-0.4, -0.2) is 22.9 Å². The van der Waals surface area contributed by atoms with Gasteiger partial charge >= 0.3 is 5.97 Å². The van der Waals surface area contributed by atoms with Crippen molar-refractivity contribution in [1.82, 2.24) is 0 Å². The Balaban J connectivity index is 0.000000338. The molecule has 2 N–H and O–H groups in total. The number of phenolic OH excluding ortho intramolecular Hbond substituents is 1. The number of hydrogen-bond donors (Lipinski definition) is 2. The van der Waals surface area contributed by atoms with Crippen molar-refractivity contribution in [3.05, 3.63) is 65.0 Å². The van der Waals surface area contributed by atoms with Crippen molar-refractivity contribution in [2.24, 2.45) is 0 Å². The fourth-order valence-electron chi connectivity index (χ4n) is 1.97. The number of fused-ring (bicyclic) bond motifs is 1. The normalized spacial score (nSPS) is 9.96. The molecule has 0 aliphatic heterocycles. The lowest BCUT2D eigenvalue weighted by molar-refractivity contribution is -0.137. The van der Waals surface area contributed by atoms with Crippen molar-refractivity contribution in [3.63, 3.8) is 0 Å². The zero-order valence-corrected chi connectivity index (χ0v) is 11.9. The Morgan fingerprint density at radius 1 is 1.09 bits per heavy atom. The highest BCUT2D eigenvalue weighted by molar-refractivity contribution is 5.86. The summed E-state index contributed by atoms with van der Waals surface area (Å²) >= 11 is 0. The van der Waals surface area contributed by atoms with E-state index in [9.17, 15) is 14.3 Å². The number of benzene rings is 2. The number of phenols is 1. The summed E-state index contributed by atoms with van der Waals surface area (Å²) < 4.78 is 15.9. The molecule has 0 amide bonds. The molecule has 0 saturated heterocycles. The molecule has 118 valence electrons. The lowest BCUT2D eigenvalue weighted by Crippen LogP contribution is -2.04. The number of carbonyl (C=O) groups is 1. The third-order valence-corrected chi connectivity index (χ3v) is 2.98. The summed E-state index contributed by atoms with van der Waals surface area (Å²) in [6.45, 7) is -1.28. The molecule has 6 heteroatoms. The second-order valence-electron chi connectivity index (χ2n) is 4.52. The van der Waals surface area contributed by atoms with E-state index in [4.69, 9.17) is 14.3 Å². The Bertz CT molecular complexity index is 871. The minimum Gasteiger partial charge on any atom is -0.507 e. The van der Waals surface area contributed by atoms with Crippen LogP contribution in [0.15, 0.2) is 64.0 Å². The molecule has 3 aromatic rings. The summed E-state index contributed by atoms with van der Waals surface area (Å²) in [5.41, 5.74) is 1.39. The van der Waals surface area contributed by atoms with E-state index >= 15 is 0 Å². The minimum absolute atomic E-state index is 0.0565. The standard InChI is InChI=1S/C15H10O3.C2H3FO2/c16-12-7-4-8-13-14(12)15(17)11(9-18-13)10-5-2-1-3-6-10;3-1-2(4)5/h1-9,16H;1H2,(H,4,5). The van der Waals surface area contributed by atoms with Crippen molar-refractivity contribution in [2.75, 3.05) is 6.67 Å². The Kier molecular flexibility index (Phi) is 5.09. The predicted octanol–water partition coefficient (Wildman–Crippen LogP) is 3.21. The third-order valence-electron chi connectivity index (χ3n) is 2.98. The smallest absolute Gasteiger partial charge is 0.335 e. The van der Waals surface area contributed by atoms with Gasteiger partial charge in [-0.25, -0.2) is 9.18 Å². The molecule has 5 nitrogen and oxygen atoms in total. The number of aliphatic carboxylic acids is 1. The number of rotatable bonds is 2. The van der Waals surface area contributed by atoms with Gasteiger partial charge in [-0.15, -0.1) is 0 Å². The Hall–Kier alpha value is -3.15. The molecule has 1 heterocycles. The molecule has 1 aromatic heterocycles. The lowest BCUT2D eigenvalue weighted by Gasteiger charge is -2.03. The summed E-state index contributed by atoms with van der Waals surface area (Å²) in [7, 11) is 0. The molecule has 0 aliphatic rings. The maximum atomic E-state index is 12.3. The molecule has 0 radical (unpaired) electrons. The van der Waals surface area contributed by atoms with E-state index < -0.39 is 12.6 Å². The van der Waals surface area contributed by atoms with E-state index in [-0.39, 0.29) is 16.6 Å². The van der Waals surface area contributed by atoms with Crippen LogP contribution in [0.3, 0.4) is 0 Å². The molecule has 2 aromatic carbocycles. The summed E-state index contributed by atoms with van der Waals surface area (Å²) in [4.78, 5) is 21.3. The quantitative estimate of drug-likeness (QED) is 0.758. The third kappa shape index (κ3) is 3.74. The van der Waals surface area contributed by atoms with Crippen LogP contribution in [0.2, 0.25) is 0 Å². The highest BCUT2D eigenvalue weighted by Gasteiger charge is 2.11. The van der Waals surface area contributed by atoms with Crippen molar-refractivity contribution < 1.29 is 23.8 Å². The summed E-state index contributed by atoms with van der Waals surface area (Å²) in [6, 6.07) is 14.0. The Morgan fingerprint density at radius 3 is 2.35 bits per heavy atom. The largest absolute Gasteiger partial charge is 0.507 e. The zero-order chi connectivity index (χ0) is 16.8. The molecule has 23 heavy (non-hydrogen) atoms. The average Bonchev–Trinajstić information content (AvgIpc) is 2.56. The van der Waals surface area contributed by atoms with Crippen molar-refractivity contribution in [3.8, 4) is 16.9 Å².